The van der Waals surface area contributed by atoms with E-state index in [1.165, 1.54) is 81.8 Å². The van der Waals surface area contributed by atoms with Crippen molar-refractivity contribution in [2.75, 3.05) is 0 Å². The van der Waals surface area contributed by atoms with Gasteiger partial charge in [-0.05, 0) is 86.6 Å². The van der Waals surface area contributed by atoms with Crippen LogP contribution in [0.1, 0.15) is 114 Å². The van der Waals surface area contributed by atoms with Crippen molar-refractivity contribution >= 4 is 5.97 Å². The topological polar surface area (TPSA) is 39.2 Å². The predicted molar refractivity (Wildman–Crippen MR) is 146 cm³/mol. The van der Waals surface area contributed by atoms with Gasteiger partial charge in [-0.25, -0.2) is 0 Å². The quantitative estimate of drug-likeness (QED) is 0.146. The fraction of sp³-hybridized carbons (Fsp3) is 0.625. The molecule has 0 saturated heterocycles. The Morgan fingerprint density at radius 3 is 2.14 bits per heavy atom. The summed E-state index contributed by atoms with van der Waals surface area (Å²) in [7, 11) is 0. The first-order chi connectivity index (χ1) is 17.2. The van der Waals surface area contributed by atoms with Gasteiger partial charge in [-0.15, -0.1) is 0 Å². The molecule has 3 nitrogen and oxygen atoms in total. The minimum atomic E-state index is -0.0395. The van der Waals surface area contributed by atoms with Crippen molar-refractivity contribution in [1.29, 1.82) is 0 Å². The molecule has 35 heavy (non-hydrogen) atoms. The number of unbranched alkanes of at least 4 members (excludes halogenated alkanes) is 6. The van der Waals surface area contributed by atoms with Crippen LogP contribution >= 0.6 is 0 Å². The Morgan fingerprint density at radius 2 is 1.46 bits per heavy atom. The minimum Gasteiger partial charge on any atom is -0.426 e. The summed E-state index contributed by atoms with van der Waals surface area (Å²) in [5, 5.41) is 0. The van der Waals surface area contributed by atoms with Crippen LogP contribution in [0.25, 0.3) is 0 Å². The number of rotatable bonds is 15. The molecule has 1 aliphatic rings. The molecule has 0 radical (unpaired) electrons. The van der Waals surface area contributed by atoms with Crippen LogP contribution in [0.2, 0.25) is 0 Å². The van der Waals surface area contributed by atoms with Gasteiger partial charge in [-0.1, -0.05) is 83.4 Å². The van der Waals surface area contributed by atoms with E-state index in [0.29, 0.717) is 5.75 Å². The number of benzene rings is 1. The van der Waals surface area contributed by atoms with Crippen LogP contribution in [0.3, 0.4) is 0 Å². The van der Waals surface area contributed by atoms with E-state index >= 15 is 0 Å². The van der Waals surface area contributed by atoms with Gasteiger partial charge in [0.25, 0.3) is 0 Å². The summed E-state index contributed by atoms with van der Waals surface area (Å²) in [5.74, 6) is 1.52. The molecule has 2 aromatic rings. The number of carbonyl (C=O) groups excluding carboxylic acids is 1. The summed E-state index contributed by atoms with van der Waals surface area (Å²) in [6.07, 6.45) is 21.3. The number of pyridine rings is 1. The van der Waals surface area contributed by atoms with Crippen LogP contribution in [-0.2, 0) is 24.1 Å². The Morgan fingerprint density at radius 1 is 0.771 bits per heavy atom. The molecule has 1 saturated carbocycles. The lowest BCUT2D eigenvalue weighted by molar-refractivity contribution is -0.140. The highest BCUT2D eigenvalue weighted by molar-refractivity contribution is 5.75. The summed E-state index contributed by atoms with van der Waals surface area (Å²) in [5.41, 5.74) is 3.72. The van der Waals surface area contributed by atoms with Crippen molar-refractivity contribution in [2.24, 2.45) is 11.8 Å². The molecule has 192 valence electrons. The molecule has 1 heterocycles. The van der Waals surface area contributed by atoms with Crippen LogP contribution in [0.15, 0.2) is 42.6 Å². The molecule has 0 spiro atoms. The number of aryl methyl sites for hydroxylation is 3. The molecule has 3 rings (SSSR count). The number of carbonyl (C=O) groups is 1. The average Bonchev–Trinajstić information content (AvgIpc) is 2.89. The van der Waals surface area contributed by atoms with Crippen molar-refractivity contribution in [3.63, 3.8) is 0 Å². The molecular formula is C32H47NO2. The Hall–Kier alpha value is -2.16. The van der Waals surface area contributed by atoms with Crippen molar-refractivity contribution < 1.29 is 9.53 Å². The molecule has 0 N–H and O–H groups in total. The SMILES string of the molecule is CCCCCCC[C@H]1CC[C@H](C(=O)Oc2ccc(CCc3ccc(CCCCC)cn3)cc2)CC1. The van der Waals surface area contributed by atoms with Gasteiger partial charge >= 0.3 is 5.97 Å². The second-order valence-electron chi connectivity index (χ2n) is 10.6. The lowest BCUT2D eigenvalue weighted by Gasteiger charge is -2.27. The number of aromatic nitrogens is 1. The van der Waals surface area contributed by atoms with Gasteiger partial charge in [0.2, 0.25) is 0 Å². The molecule has 1 aliphatic carbocycles. The van der Waals surface area contributed by atoms with Crippen molar-refractivity contribution in [2.45, 2.75) is 117 Å². The molecule has 0 amide bonds. The zero-order valence-electron chi connectivity index (χ0n) is 22.3. The van der Waals surface area contributed by atoms with E-state index in [1.54, 1.807) is 0 Å². The third-order valence-corrected chi connectivity index (χ3v) is 7.66. The second-order valence-corrected chi connectivity index (χ2v) is 10.6. The smallest absolute Gasteiger partial charge is 0.314 e. The molecular weight excluding hydrogens is 430 g/mol. The van der Waals surface area contributed by atoms with E-state index in [2.05, 4.69) is 43.1 Å². The number of hydrogen-bond donors (Lipinski definition) is 0. The maximum absolute atomic E-state index is 12.7. The molecule has 0 aliphatic heterocycles. The van der Waals surface area contributed by atoms with Crippen LogP contribution in [0.4, 0.5) is 0 Å². The highest BCUT2D eigenvalue weighted by Gasteiger charge is 2.27. The van der Waals surface area contributed by atoms with Crippen LogP contribution < -0.4 is 4.74 Å². The normalized spacial score (nSPS) is 17.9. The van der Waals surface area contributed by atoms with Crippen molar-refractivity contribution in [1.82, 2.24) is 4.98 Å². The summed E-state index contributed by atoms with van der Waals surface area (Å²) >= 11 is 0. The van der Waals surface area contributed by atoms with E-state index in [4.69, 9.17) is 4.74 Å². The van der Waals surface area contributed by atoms with Gasteiger partial charge in [0.15, 0.2) is 0 Å². The van der Waals surface area contributed by atoms with E-state index < -0.39 is 0 Å². The molecule has 0 bridgehead atoms. The highest BCUT2D eigenvalue weighted by atomic mass is 16.5. The van der Waals surface area contributed by atoms with Gasteiger partial charge in [-0.3, -0.25) is 9.78 Å². The average molecular weight is 478 g/mol. The van der Waals surface area contributed by atoms with E-state index in [-0.39, 0.29) is 11.9 Å². The number of esters is 1. The predicted octanol–water partition coefficient (Wildman–Crippen LogP) is 8.67. The Kier molecular flexibility index (Phi) is 12.3. The number of ether oxygens (including phenoxy) is 1. The highest BCUT2D eigenvalue weighted by Crippen LogP contribution is 2.33. The first kappa shape index (κ1) is 27.4. The fourth-order valence-electron chi connectivity index (χ4n) is 5.25. The van der Waals surface area contributed by atoms with Gasteiger partial charge in [0.1, 0.15) is 5.75 Å². The van der Waals surface area contributed by atoms with E-state index in [0.717, 1.165) is 43.7 Å². The summed E-state index contributed by atoms with van der Waals surface area (Å²) in [4.78, 5) is 17.3. The maximum Gasteiger partial charge on any atom is 0.314 e. The third kappa shape index (κ3) is 10.2. The number of nitrogens with zero attached hydrogens (tertiary/aromatic N) is 1. The zero-order valence-corrected chi connectivity index (χ0v) is 22.3. The van der Waals surface area contributed by atoms with Crippen molar-refractivity contribution in [3.05, 3.63) is 59.4 Å². The van der Waals surface area contributed by atoms with Crippen LogP contribution in [-0.4, -0.2) is 11.0 Å². The van der Waals surface area contributed by atoms with Gasteiger partial charge in [0, 0.05) is 11.9 Å². The first-order valence-electron chi connectivity index (χ1n) is 14.4. The third-order valence-electron chi connectivity index (χ3n) is 7.66. The molecule has 1 fully saturated rings. The van der Waals surface area contributed by atoms with Crippen molar-refractivity contribution in [3.8, 4) is 5.75 Å². The summed E-state index contributed by atoms with van der Waals surface area (Å²) in [6, 6.07) is 12.4. The summed E-state index contributed by atoms with van der Waals surface area (Å²) in [6.45, 7) is 4.50. The fourth-order valence-corrected chi connectivity index (χ4v) is 5.25. The molecule has 0 atom stereocenters. The number of hydrogen-bond acceptors (Lipinski definition) is 3. The Bertz CT molecular complexity index is 835. The maximum atomic E-state index is 12.7. The largest absolute Gasteiger partial charge is 0.426 e. The molecule has 0 unspecified atom stereocenters. The molecule has 3 heteroatoms. The summed E-state index contributed by atoms with van der Waals surface area (Å²) < 4.78 is 5.73. The van der Waals surface area contributed by atoms with Gasteiger partial charge in [-0.2, -0.15) is 0 Å². The molecule has 1 aromatic heterocycles. The zero-order chi connectivity index (χ0) is 24.7. The second kappa shape index (κ2) is 15.8. The molecule has 1 aromatic carbocycles. The van der Waals surface area contributed by atoms with Gasteiger partial charge in [0.05, 0.1) is 5.92 Å². The van der Waals surface area contributed by atoms with Crippen LogP contribution in [0.5, 0.6) is 5.75 Å². The standard InChI is InChI=1S/C32H47NO2/c1-3-5-7-8-10-11-26-13-19-29(20-14-26)32(34)35-31-23-17-27(18-24-31)15-21-30-22-16-28(25-33-30)12-9-6-4-2/h16-18,22-26,29H,3-15,19-21H2,1-2H3/t26-,29-. The monoisotopic (exact) mass is 477 g/mol. The first-order valence-corrected chi connectivity index (χ1v) is 14.4. The minimum absolute atomic E-state index is 0.0395. The Labute approximate surface area is 214 Å². The lowest BCUT2D eigenvalue weighted by Crippen LogP contribution is -2.25. The van der Waals surface area contributed by atoms with E-state index in [1.807, 2.05) is 18.3 Å². The van der Waals surface area contributed by atoms with E-state index in [9.17, 15) is 4.79 Å². The lowest BCUT2D eigenvalue weighted by atomic mass is 9.80. The van der Waals surface area contributed by atoms with Gasteiger partial charge < -0.3 is 4.74 Å². The Balaban J connectivity index is 1.34. The van der Waals surface area contributed by atoms with Crippen LogP contribution in [0, 0.1) is 11.8 Å².